The van der Waals surface area contributed by atoms with E-state index in [1.54, 1.807) is 12.1 Å². The van der Waals surface area contributed by atoms with E-state index >= 15 is 0 Å². The predicted molar refractivity (Wildman–Crippen MR) is 93.6 cm³/mol. The summed E-state index contributed by atoms with van der Waals surface area (Å²) in [5.74, 6) is 0. The molecule has 4 heteroatoms. The number of unbranched alkanes of at least 4 members (excludes halogenated alkanes) is 6. The van der Waals surface area contributed by atoms with Crippen molar-refractivity contribution in [3.8, 4) is 0 Å². The van der Waals surface area contributed by atoms with E-state index in [4.69, 9.17) is 0 Å². The first-order valence-electron chi connectivity index (χ1n) is 8.68. The van der Waals surface area contributed by atoms with Gasteiger partial charge < -0.3 is 0 Å². The SMILES string of the molecule is CCCCCCNS(=O)(=O)c1ccc(CCCCCC)cc1. The zero-order valence-corrected chi connectivity index (χ0v) is 14.9. The summed E-state index contributed by atoms with van der Waals surface area (Å²) < 4.78 is 27.0. The van der Waals surface area contributed by atoms with Crippen LogP contribution in [0.4, 0.5) is 0 Å². The molecule has 0 fully saturated rings. The van der Waals surface area contributed by atoms with E-state index in [9.17, 15) is 8.42 Å². The number of hydrogen-bond donors (Lipinski definition) is 1. The monoisotopic (exact) mass is 325 g/mol. The molecule has 0 atom stereocenters. The molecule has 22 heavy (non-hydrogen) atoms. The Labute approximate surface area is 136 Å². The lowest BCUT2D eigenvalue weighted by Crippen LogP contribution is -2.24. The van der Waals surface area contributed by atoms with Crippen molar-refractivity contribution in [3.63, 3.8) is 0 Å². The van der Waals surface area contributed by atoms with E-state index in [2.05, 4.69) is 18.6 Å². The van der Waals surface area contributed by atoms with E-state index in [0.717, 1.165) is 32.1 Å². The molecule has 1 aromatic rings. The van der Waals surface area contributed by atoms with E-state index in [1.807, 2.05) is 12.1 Å². The second-order valence-corrected chi connectivity index (χ2v) is 7.68. The van der Waals surface area contributed by atoms with Crippen molar-refractivity contribution >= 4 is 10.0 Å². The Balaban J connectivity index is 2.43. The maximum atomic E-state index is 12.2. The zero-order chi connectivity index (χ0) is 16.3. The fraction of sp³-hybridized carbons (Fsp3) is 0.667. The van der Waals surface area contributed by atoms with Crippen LogP contribution >= 0.6 is 0 Å². The molecule has 0 radical (unpaired) electrons. The maximum Gasteiger partial charge on any atom is 0.240 e. The normalized spacial score (nSPS) is 11.7. The van der Waals surface area contributed by atoms with Crippen LogP contribution in [0.3, 0.4) is 0 Å². The lowest BCUT2D eigenvalue weighted by atomic mass is 10.1. The number of rotatable bonds is 12. The first-order chi connectivity index (χ1) is 10.6. The number of hydrogen-bond acceptors (Lipinski definition) is 2. The molecule has 0 saturated heterocycles. The van der Waals surface area contributed by atoms with Crippen LogP contribution in [-0.4, -0.2) is 15.0 Å². The van der Waals surface area contributed by atoms with Crippen molar-refractivity contribution in [1.82, 2.24) is 4.72 Å². The smallest absolute Gasteiger partial charge is 0.211 e. The van der Waals surface area contributed by atoms with Crippen molar-refractivity contribution in [2.24, 2.45) is 0 Å². The van der Waals surface area contributed by atoms with Crippen LogP contribution in [0.1, 0.15) is 70.8 Å². The van der Waals surface area contributed by atoms with E-state index in [1.165, 1.54) is 31.2 Å². The highest BCUT2D eigenvalue weighted by atomic mass is 32.2. The third-order valence-corrected chi connectivity index (χ3v) is 5.35. The summed E-state index contributed by atoms with van der Waals surface area (Å²) in [6, 6.07) is 7.34. The average Bonchev–Trinajstić information content (AvgIpc) is 2.52. The minimum absolute atomic E-state index is 0.375. The van der Waals surface area contributed by atoms with E-state index in [-0.39, 0.29) is 0 Å². The standard InChI is InChI=1S/C18H31NO2S/c1-3-5-7-9-11-17-12-14-18(15-13-17)22(20,21)19-16-10-8-6-4-2/h12-15,19H,3-11,16H2,1-2H3. The Bertz CT molecular complexity index is 494. The fourth-order valence-electron chi connectivity index (χ4n) is 2.43. The van der Waals surface area contributed by atoms with Crippen molar-refractivity contribution in [2.45, 2.75) is 76.5 Å². The van der Waals surface area contributed by atoms with Crippen LogP contribution in [0.2, 0.25) is 0 Å². The topological polar surface area (TPSA) is 46.2 Å². The van der Waals surface area contributed by atoms with Gasteiger partial charge in [-0.25, -0.2) is 13.1 Å². The van der Waals surface area contributed by atoms with Crippen LogP contribution in [0, 0.1) is 0 Å². The molecule has 0 aliphatic carbocycles. The Kier molecular flexibility index (Phi) is 9.41. The Morgan fingerprint density at radius 2 is 1.41 bits per heavy atom. The van der Waals surface area contributed by atoms with Crippen molar-refractivity contribution in [2.75, 3.05) is 6.54 Å². The van der Waals surface area contributed by atoms with E-state index in [0.29, 0.717) is 11.4 Å². The molecular weight excluding hydrogens is 294 g/mol. The Hall–Kier alpha value is -0.870. The number of sulfonamides is 1. The molecule has 0 heterocycles. The Morgan fingerprint density at radius 3 is 2.00 bits per heavy atom. The third kappa shape index (κ3) is 7.41. The summed E-state index contributed by atoms with van der Waals surface area (Å²) in [6.45, 7) is 4.88. The number of nitrogens with one attached hydrogen (secondary N) is 1. The number of aryl methyl sites for hydroxylation is 1. The molecule has 0 unspecified atom stereocenters. The van der Waals surface area contributed by atoms with Gasteiger partial charge in [-0.2, -0.15) is 0 Å². The van der Waals surface area contributed by atoms with Gasteiger partial charge in [0.05, 0.1) is 4.90 Å². The predicted octanol–water partition coefficient (Wildman–Crippen LogP) is 4.67. The molecule has 0 aromatic heterocycles. The fourth-order valence-corrected chi connectivity index (χ4v) is 3.51. The van der Waals surface area contributed by atoms with Gasteiger partial charge in [0, 0.05) is 6.54 Å². The molecule has 1 aromatic carbocycles. The van der Waals surface area contributed by atoms with Gasteiger partial charge in [-0.3, -0.25) is 0 Å². The largest absolute Gasteiger partial charge is 0.240 e. The highest BCUT2D eigenvalue weighted by Gasteiger charge is 2.12. The van der Waals surface area contributed by atoms with Crippen molar-refractivity contribution < 1.29 is 8.42 Å². The van der Waals surface area contributed by atoms with Crippen LogP contribution in [0.5, 0.6) is 0 Å². The van der Waals surface area contributed by atoms with Crippen LogP contribution in [-0.2, 0) is 16.4 Å². The second-order valence-electron chi connectivity index (χ2n) is 5.91. The first kappa shape index (κ1) is 19.2. The molecule has 0 spiro atoms. The highest BCUT2D eigenvalue weighted by molar-refractivity contribution is 7.89. The minimum Gasteiger partial charge on any atom is -0.211 e. The van der Waals surface area contributed by atoms with Crippen LogP contribution in [0.15, 0.2) is 29.2 Å². The van der Waals surface area contributed by atoms with Gasteiger partial charge in [0.1, 0.15) is 0 Å². The summed E-state index contributed by atoms with van der Waals surface area (Å²) in [6.07, 6.45) is 10.3. The van der Waals surface area contributed by atoms with Crippen molar-refractivity contribution in [3.05, 3.63) is 29.8 Å². The molecule has 0 aliphatic heterocycles. The molecule has 3 nitrogen and oxygen atoms in total. The zero-order valence-electron chi connectivity index (χ0n) is 14.1. The third-order valence-electron chi connectivity index (χ3n) is 3.88. The molecule has 1 N–H and O–H groups in total. The van der Waals surface area contributed by atoms with Crippen LogP contribution in [0.25, 0.3) is 0 Å². The molecule has 0 bridgehead atoms. The maximum absolute atomic E-state index is 12.2. The summed E-state index contributed by atoms with van der Waals surface area (Å²) in [5, 5.41) is 0. The molecule has 0 amide bonds. The lowest BCUT2D eigenvalue weighted by molar-refractivity contribution is 0.573. The quantitative estimate of drug-likeness (QED) is 0.568. The molecule has 0 saturated carbocycles. The van der Waals surface area contributed by atoms with Gasteiger partial charge in [0.2, 0.25) is 10.0 Å². The van der Waals surface area contributed by atoms with Crippen molar-refractivity contribution in [1.29, 1.82) is 0 Å². The van der Waals surface area contributed by atoms with E-state index < -0.39 is 10.0 Å². The van der Waals surface area contributed by atoms with Gasteiger partial charge in [0.15, 0.2) is 0 Å². The van der Waals surface area contributed by atoms with Crippen LogP contribution < -0.4 is 4.72 Å². The molecule has 126 valence electrons. The van der Waals surface area contributed by atoms with Gasteiger partial charge in [-0.05, 0) is 37.0 Å². The lowest BCUT2D eigenvalue weighted by Gasteiger charge is -2.08. The molecule has 1 rings (SSSR count). The van der Waals surface area contributed by atoms with Gasteiger partial charge in [0.25, 0.3) is 0 Å². The summed E-state index contributed by atoms with van der Waals surface area (Å²) in [4.78, 5) is 0.375. The summed E-state index contributed by atoms with van der Waals surface area (Å²) in [7, 11) is -3.34. The summed E-state index contributed by atoms with van der Waals surface area (Å²) >= 11 is 0. The van der Waals surface area contributed by atoms with Gasteiger partial charge >= 0.3 is 0 Å². The second kappa shape index (κ2) is 10.8. The minimum atomic E-state index is -3.34. The number of benzene rings is 1. The highest BCUT2D eigenvalue weighted by Crippen LogP contribution is 2.13. The first-order valence-corrected chi connectivity index (χ1v) is 10.2. The van der Waals surface area contributed by atoms with Gasteiger partial charge in [-0.15, -0.1) is 0 Å². The van der Waals surface area contributed by atoms with Gasteiger partial charge in [-0.1, -0.05) is 64.5 Å². The Morgan fingerprint density at radius 1 is 0.818 bits per heavy atom. The molecular formula is C18H31NO2S. The average molecular weight is 326 g/mol. The summed E-state index contributed by atoms with van der Waals surface area (Å²) in [5.41, 5.74) is 1.22. The molecule has 0 aliphatic rings.